The zero-order valence-electron chi connectivity index (χ0n) is 20.8. The van der Waals surface area contributed by atoms with Crippen LogP contribution in [0.15, 0.2) is 78.0 Å². The number of nitrogens with zero attached hydrogens (tertiary/aromatic N) is 1. The predicted octanol–water partition coefficient (Wildman–Crippen LogP) is 7.01. The standard InChI is InChI=1S/C28H26ClN3O4S/c1-16-24(26(33)17-5-10-20(29)11-6-17)25(31-27(37)30-16)18-7-14-23(22(15-18)32(34)35)36-21-12-8-19(9-13-21)28(2,3)4/h5-15,25H,1-4H3,(H2,30,31,37). The molecule has 0 amide bonds. The number of carbonyl (C=O) groups excluding carboxylic acids is 1. The molecule has 0 aliphatic carbocycles. The smallest absolute Gasteiger partial charge is 0.311 e. The van der Waals surface area contributed by atoms with Gasteiger partial charge in [-0.1, -0.05) is 50.6 Å². The van der Waals surface area contributed by atoms with Crippen LogP contribution in [0.5, 0.6) is 11.5 Å². The SMILES string of the molecule is CC1=C(C(=O)c2ccc(Cl)cc2)C(c2ccc(Oc3ccc(C(C)(C)C)cc3)c([N+](=O)[O-])c2)NC(=S)N1. The molecule has 0 saturated heterocycles. The number of ketones is 1. The van der Waals surface area contributed by atoms with Crippen LogP contribution in [0.1, 0.15) is 55.2 Å². The normalized spacial score (nSPS) is 15.6. The number of thiocarbonyl (C=S) groups is 1. The monoisotopic (exact) mass is 535 g/mol. The zero-order valence-corrected chi connectivity index (χ0v) is 22.4. The molecule has 0 aromatic heterocycles. The van der Waals surface area contributed by atoms with Crippen molar-refractivity contribution in [3.05, 3.63) is 110 Å². The van der Waals surface area contributed by atoms with Gasteiger partial charge in [-0.25, -0.2) is 0 Å². The number of nitro groups is 1. The van der Waals surface area contributed by atoms with E-state index in [1.165, 1.54) is 12.1 Å². The lowest BCUT2D eigenvalue weighted by Crippen LogP contribution is -2.44. The second-order valence-corrected chi connectivity index (χ2v) is 10.6. The van der Waals surface area contributed by atoms with Crippen molar-refractivity contribution in [2.24, 2.45) is 0 Å². The summed E-state index contributed by atoms with van der Waals surface area (Å²) in [5.74, 6) is 0.336. The summed E-state index contributed by atoms with van der Waals surface area (Å²) in [4.78, 5) is 25.0. The number of Topliss-reactive ketones (excluding diaryl/α,β-unsaturated/α-hetero) is 1. The first-order valence-corrected chi connectivity index (χ1v) is 12.4. The van der Waals surface area contributed by atoms with Crippen molar-refractivity contribution >= 4 is 40.4 Å². The maximum atomic E-state index is 13.5. The molecular weight excluding hydrogens is 510 g/mol. The molecular formula is C28H26ClN3O4S. The maximum absolute atomic E-state index is 13.5. The van der Waals surface area contributed by atoms with Crippen LogP contribution in [-0.2, 0) is 5.41 Å². The summed E-state index contributed by atoms with van der Waals surface area (Å²) in [7, 11) is 0. The van der Waals surface area contributed by atoms with Gasteiger partial charge in [-0.2, -0.15) is 0 Å². The number of halogens is 1. The summed E-state index contributed by atoms with van der Waals surface area (Å²) in [5, 5.41) is 18.9. The number of hydrogen-bond donors (Lipinski definition) is 2. The summed E-state index contributed by atoms with van der Waals surface area (Å²) < 4.78 is 5.89. The second kappa shape index (κ2) is 10.3. The van der Waals surface area contributed by atoms with Crippen molar-refractivity contribution in [1.82, 2.24) is 10.6 Å². The highest BCUT2D eigenvalue weighted by atomic mass is 35.5. The minimum atomic E-state index is -0.698. The quantitative estimate of drug-likeness (QED) is 0.152. The first kappa shape index (κ1) is 26.3. The fourth-order valence-electron chi connectivity index (χ4n) is 4.09. The third kappa shape index (κ3) is 5.81. The largest absolute Gasteiger partial charge is 0.450 e. The number of rotatable bonds is 6. The first-order chi connectivity index (χ1) is 17.4. The van der Waals surface area contributed by atoms with E-state index in [4.69, 9.17) is 28.6 Å². The number of nitrogens with one attached hydrogen (secondary N) is 2. The Morgan fingerprint density at radius 2 is 1.70 bits per heavy atom. The van der Waals surface area contributed by atoms with Crippen molar-refractivity contribution in [2.75, 3.05) is 0 Å². The van der Waals surface area contributed by atoms with Gasteiger partial charge in [-0.05, 0) is 78.1 Å². The Labute approximate surface area is 225 Å². The van der Waals surface area contributed by atoms with E-state index in [1.54, 1.807) is 49.4 Å². The van der Waals surface area contributed by atoms with Crippen molar-refractivity contribution in [3.8, 4) is 11.5 Å². The average Bonchev–Trinajstić information content (AvgIpc) is 2.83. The number of hydrogen-bond acceptors (Lipinski definition) is 5. The molecule has 37 heavy (non-hydrogen) atoms. The van der Waals surface area contributed by atoms with E-state index in [2.05, 4.69) is 31.4 Å². The molecule has 0 fully saturated rings. The molecule has 1 aliphatic heterocycles. The van der Waals surface area contributed by atoms with Gasteiger partial charge in [0.05, 0.1) is 11.0 Å². The van der Waals surface area contributed by atoms with E-state index >= 15 is 0 Å². The van der Waals surface area contributed by atoms with E-state index in [1.807, 2.05) is 12.1 Å². The van der Waals surface area contributed by atoms with Crippen LogP contribution in [0.4, 0.5) is 5.69 Å². The Kier molecular flexibility index (Phi) is 7.34. The molecule has 2 N–H and O–H groups in total. The second-order valence-electron chi connectivity index (χ2n) is 9.77. The Morgan fingerprint density at radius 1 is 1.05 bits per heavy atom. The van der Waals surface area contributed by atoms with Crippen LogP contribution in [0, 0.1) is 10.1 Å². The predicted molar refractivity (Wildman–Crippen MR) is 148 cm³/mol. The van der Waals surface area contributed by atoms with Gasteiger partial charge >= 0.3 is 5.69 Å². The number of carbonyl (C=O) groups is 1. The van der Waals surface area contributed by atoms with Crippen LogP contribution >= 0.6 is 23.8 Å². The Balaban J connectivity index is 1.70. The molecule has 4 rings (SSSR count). The van der Waals surface area contributed by atoms with Gasteiger partial charge in [0.25, 0.3) is 0 Å². The van der Waals surface area contributed by atoms with Gasteiger partial charge in [0.2, 0.25) is 5.75 Å². The zero-order chi connectivity index (χ0) is 26.9. The highest BCUT2D eigenvalue weighted by molar-refractivity contribution is 7.80. The fourth-order valence-corrected chi connectivity index (χ4v) is 4.49. The Morgan fingerprint density at radius 3 is 2.30 bits per heavy atom. The number of allylic oxidation sites excluding steroid dienone is 1. The number of ether oxygens (including phenoxy) is 1. The van der Waals surface area contributed by atoms with E-state index in [0.717, 1.165) is 5.56 Å². The Bertz CT molecular complexity index is 1410. The molecule has 1 unspecified atom stereocenters. The Hall–Kier alpha value is -3.75. The summed E-state index contributed by atoms with van der Waals surface area (Å²) in [6.07, 6.45) is 0. The molecule has 190 valence electrons. The van der Waals surface area contributed by atoms with Crippen molar-refractivity contribution in [3.63, 3.8) is 0 Å². The minimum Gasteiger partial charge on any atom is -0.450 e. The molecule has 1 atom stereocenters. The number of nitro benzene ring substituents is 1. The van der Waals surface area contributed by atoms with Crippen molar-refractivity contribution in [2.45, 2.75) is 39.2 Å². The van der Waals surface area contributed by atoms with Gasteiger partial charge in [0.15, 0.2) is 10.9 Å². The van der Waals surface area contributed by atoms with Gasteiger partial charge in [0.1, 0.15) is 5.75 Å². The van der Waals surface area contributed by atoms with Crippen LogP contribution in [0.3, 0.4) is 0 Å². The summed E-state index contributed by atoms with van der Waals surface area (Å²) in [5.41, 5.74) is 2.78. The average molecular weight is 536 g/mol. The molecule has 0 spiro atoms. The maximum Gasteiger partial charge on any atom is 0.311 e. The van der Waals surface area contributed by atoms with E-state index in [0.29, 0.717) is 38.3 Å². The molecule has 0 radical (unpaired) electrons. The summed E-state index contributed by atoms with van der Waals surface area (Å²) >= 11 is 11.3. The lowest BCUT2D eigenvalue weighted by atomic mass is 9.87. The van der Waals surface area contributed by atoms with Crippen LogP contribution in [0.2, 0.25) is 5.02 Å². The molecule has 1 heterocycles. The molecule has 0 saturated carbocycles. The lowest BCUT2D eigenvalue weighted by molar-refractivity contribution is -0.385. The van der Waals surface area contributed by atoms with Crippen LogP contribution < -0.4 is 15.4 Å². The minimum absolute atomic E-state index is 0.0264. The fraction of sp³-hybridized carbons (Fsp3) is 0.214. The van der Waals surface area contributed by atoms with E-state index in [-0.39, 0.29) is 22.6 Å². The lowest BCUT2D eigenvalue weighted by Gasteiger charge is -2.30. The first-order valence-electron chi connectivity index (χ1n) is 11.6. The third-order valence-electron chi connectivity index (χ3n) is 6.08. The van der Waals surface area contributed by atoms with Gasteiger partial charge in [-0.3, -0.25) is 14.9 Å². The van der Waals surface area contributed by atoms with Crippen LogP contribution in [0.25, 0.3) is 0 Å². The summed E-state index contributed by atoms with van der Waals surface area (Å²) in [6.45, 7) is 8.06. The summed E-state index contributed by atoms with van der Waals surface area (Å²) in [6, 6.07) is 18.0. The molecule has 7 nitrogen and oxygen atoms in total. The molecule has 9 heteroatoms. The van der Waals surface area contributed by atoms with Crippen molar-refractivity contribution < 1.29 is 14.5 Å². The van der Waals surface area contributed by atoms with E-state index < -0.39 is 11.0 Å². The number of benzene rings is 3. The highest BCUT2D eigenvalue weighted by Crippen LogP contribution is 2.37. The molecule has 0 bridgehead atoms. The van der Waals surface area contributed by atoms with Gasteiger partial charge in [0, 0.05) is 27.9 Å². The van der Waals surface area contributed by atoms with E-state index in [9.17, 15) is 14.9 Å². The van der Waals surface area contributed by atoms with Gasteiger partial charge in [-0.15, -0.1) is 0 Å². The molecule has 3 aromatic rings. The van der Waals surface area contributed by atoms with Crippen LogP contribution in [-0.4, -0.2) is 15.8 Å². The molecule has 1 aliphatic rings. The third-order valence-corrected chi connectivity index (χ3v) is 6.55. The molecule has 3 aromatic carbocycles. The topological polar surface area (TPSA) is 93.5 Å². The highest BCUT2D eigenvalue weighted by Gasteiger charge is 2.32. The van der Waals surface area contributed by atoms with Gasteiger partial charge < -0.3 is 15.4 Å². The van der Waals surface area contributed by atoms with Crippen molar-refractivity contribution in [1.29, 1.82) is 0 Å².